The van der Waals surface area contributed by atoms with Gasteiger partial charge in [-0.1, -0.05) is 12.1 Å². The van der Waals surface area contributed by atoms with E-state index in [1.165, 1.54) is 0 Å². The second-order valence-corrected chi connectivity index (χ2v) is 7.12. The van der Waals surface area contributed by atoms with E-state index in [4.69, 9.17) is 9.15 Å². The van der Waals surface area contributed by atoms with E-state index in [1.807, 2.05) is 43.3 Å². The van der Waals surface area contributed by atoms with Gasteiger partial charge in [0, 0.05) is 24.7 Å². The summed E-state index contributed by atoms with van der Waals surface area (Å²) >= 11 is 0. The van der Waals surface area contributed by atoms with Gasteiger partial charge in [0.05, 0.1) is 13.2 Å². The summed E-state index contributed by atoms with van der Waals surface area (Å²) in [5, 5.41) is 13.0. The number of ether oxygens (including phenoxy) is 1. The molecule has 3 aromatic rings. The monoisotopic (exact) mass is 423 g/mol. The minimum absolute atomic E-state index is 0.0974. The molecule has 3 rings (SSSR count). The lowest BCUT2D eigenvalue weighted by Crippen LogP contribution is -2.40. The first-order chi connectivity index (χ1) is 14.9. The summed E-state index contributed by atoms with van der Waals surface area (Å²) in [6.07, 6.45) is 0. The van der Waals surface area contributed by atoms with E-state index >= 15 is 0 Å². The van der Waals surface area contributed by atoms with Gasteiger partial charge in [-0.2, -0.15) is 0 Å². The van der Waals surface area contributed by atoms with Crippen LogP contribution >= 0.6 is 0 Å². The van der Waals surface area contributed by atoms with E-state index in [1.54, 1.807) is 38.3 Å². The molecule has 162 valence electrons. The molecular weight excluding hydrogens is 398 g/mol. The fraction of sp³-hybridized carbons (Fsp3) is 0.273. The molecule has 31 heavy (non-hydrogen) atoms. The van der Waals surface area contributed by atoms with Crippen molar-refractivity contribution >= 4 is 17.5 Å². The van der Waals surface area contributed by atoms with E-state index in [-0.39, 0.29) is 12.6 Å². The number of hydrogen-bond donors (Lipinski definition) is 2. The molecule has 0 fully saturated rings. The number of aryl methyl sites for hydroxylation is 1. The summed E-state index contributed by atoms with van der Waals surface area (Å²) in [5.74, 6) is 0.159. The number of anilines is 1. The summed E-state index contributed by atoms with van der Waals surface area (Å²) in [6.45, 7) is 1.99. The van der Waals surface area contributed by atoms with Crippen molar-refractivity contribution in [3.05, 3.63) is 60.0 Å². The molecule has 0 radical (unpaired) electrons. The number of rotatable bonds is 7. The lowest BCUT2D eigenvalue weighted by atomic mass is 10.1. The van der Waals surface area contributed by atoms with Crippen LogP contribution < -0.4 is 15.4 Å². The quantitative estimate of drug-likeness (QED) is 0.562. The largest absolute Gasteiger partial charge is 0.497 e. The van der Waals surface area contributed by atoms with E-state index in [2.05, 4.69) is 20.8 Å². The third-order valence-electron chi connectivity index (χ3n) is 4.70. The number of methoxy groups -OCH3 is 1. The molecule has 2 amide bonds. The van der Waals surface area contributed by atoms with Gasteiger partial charge in [-0.15, -0.1) is 10.2 Å². The Morgan fingerprint density at radius 3 is 2.26 bits per heavy atom. The van der Waals surface area contributed by atoms with Crippen LogP contribution in [0.25, 0.3) is 11.5 Å². The minimum Gasteiger partial charge on any atom is -0.497 e. The zero-order valence-electron chi connectivity index (χ0n) is 17.9. The molecule has 0 spiro atoms. The highest BCUT2D eigenvalue weighted by Crippen LogP contribution is 2.21. The van der Waals surface area contributed by atoms with Gasteiger partial charge in [-0.05, 0) is 56.1 Å². The number of amides is 2. The molecule has 2 N–H and O–H groups in total. The summed E-state index contributed by atoms with van der Waals surface area (Å²) in [4.78, 5) is 26.6. The van der Waals surface area contributed by atoms with E-state index < -0.39 is 11.8 Å². The molecular formula is C22H25N5O4. The highest BCUT2D eigenvalue weighted by molar-refractivity contribution is 6.39. The van der Waals surface area contributed by atoms with Crippen molar-refractivity contribution in [2.75, 3.05) is 33.1 Å². The van der Waals surface area contributed by atoms with Gasteiger partial charge in [0.15, 0.2) is 0 Å². The molecule has 1 aromatic heterocycles. The molecule has 0 aliphatic heterocycles. The van der Waals surface area contributed by atoms with Crippen LogP contribution in [-0.4, -0.2) is 54.7 Å². The number of benzene rings is 2. The van der Waals surface area contributed by atoms with Crippen molar-refractivity contribution in [1.29, 1.82) is 0 Å². The van der Waals surface area contributed by atoms with Gasteiger partial charge in [-0.3, -0.25) is 9.59 Å². The fourth-order valence-electron chi connectivity index (χ4n) is 2.99. The van der Waals surface area contributed by atoms with Crippen LogP contribution in [0, 0.1) is 6.92 Å². The number of carbonyl (C=O) groups is 2. The van der Waals surface area contributed by atoms with Crippen molar-refractivity contribution in [2.45, 2.75) is 13.0 Å². The molecule has 0 aliphatic carbocycles. The van der Waals surface area contributed by atoms with E-state index in [0.29, 0.717) is 17.5 Å². The molecule has 1 unspecified atom stereocenters. The summed E-state index contributed by atoms with van der Waals surface area (Å²) in [7, 11) is 5.43. The molecule has 0 bridgehead atoms. The van der Waals surface area contributed by atoms with Crippen LogP contribution in [-0.2, 0) is 9.59 Å². The smallest absolute Gasteiger partial charge is 0.313 e. The van der Waals surface area contributed by atoms with Crippen LogP contribution in [0.1, 0.15) is 17.5 Å². The first-order valence-corrected chi connectivity index (χ1v) is 9.67. The Kier molecular flexibility index (Phi) is 6.99. The van der Waals surface area contributed by atoms with Crippen molar-refractivity contribution < 1.29 is 18.7 Å². The third kappa shape index (κ3) is 5.67. The zero-order chi connectivity index (χ0) is 22.4. The molecule has 0 saturated carbocycles. The first-order valence-electron chi connectivity index (χ1n) is 9.67. The van der Waals surface area contributed by atoms with Gasteiger partial charge in [-0.25, -0.2) is 0 Å². The maximum absolute atomic E-state index is 12.3. The lowest BCUT2D eigenvalue weighted by molar-refractivity contribution is -0.136. The minimum atomic E-state index is -0.742. The number of hydrogen-bond acceptors (Lipinski definition) is 7. The van der Waals surface area contributed by atoms with Crippen molar-refractivity contribution in [2.24, 2.45) is 0 Å². The van der Waals surface area contributed by atoms with Crippen LogP contribution in [0.5, 0.6) is 5.75 Å². The second-order valence-electron chi connectivity index (χ2n) is 7.12. The standard InChI is InChI=1S/C22H25N5O4/c1-14-25-26-22(31-14)16-5-9-17(10-6-16)24-21(29)20(28)23-13-19(27(2)3)15-7-11-18(30-4)12-8-15/h5-12,19H,13H2,1-4H3,(H,23,28)(H,24,29). The molecule has 0 aliphatic rings. The Bertz CT molecular complexity index is 1030. The zero-order valence-corrected chi connectivity index (χ0v) is 17.9. The lowest BCUT2D eigenvalue weighted by Gasteiger charge is -2.25. The summed E-state index contributed by atoms with van der Waals surface area (Å²) in [5.41, 5.74) is 2.20. The fourth-order valence-corrected chi connectivity index (χ4v) is 2.99. The maximum Gasteiger partial charge on any atom is 0.313 e. The van der Waals surface area contributed by atoms with Crippen LogP contribution in [0.15, 0.2) is 52.9 Å². The average molecular weight is 423 g/mol. The number of nitrogens with zero attached hydrogens (tertiary/aromatic N) is 3. The third-order valence-corrected chi connectivity index (χ3v) is 4.70. The number of carbonyl (C=O) groups excluding carboxylic acids is 2. The number of nitrogens with one attached hydrogen (secondary N) is 2. The van der Waals surface area contributed by atoms with Crippen LogP contribution in [0.3, 0.4) is 0 Å². The van der Waals surface area contributed by atoms with Crippen molar-refractivity contribution in [1.82, 2.24) is 20.4 Å². The highest BCUT2D eigenvalue weighted by Gasteiger charge is 2.19. The Hall–Kier alpha value is -3.72. The normalized spacial score (nSPS) is 11.8. The van der Waals surface area contributed by atoms with Crippen molar-refractivity contribution in [3.63, 3.8) is 0 Å². The summed E-state index contributed by atoms with van der Waals surface area (Å²) in [6, 6.07) is 14.3. The average Bonchev–Trinajstić information content (AvgIpc) is 3.20. The molecule has 1 atom stereocenters. The topological polar surface area (TPSA) is 110 Å². The van der Waals surface area contributed by atoms with Gasteiger partial charge in [0.1, 0.15) is 5.75 Å². The van der Waals surface area contributed by atoms with Crippen LogP contribution in [0.4, 0.5) is 5.69 Å². The summed E-state index contributed by atoms with van der Waals surface area (Å²) < 4.78 is 10.5. The SMILES string of the molecule is COc1ccc(C(CNC(=O)C(=O)Nc2ccc(-c3nnc(C)o3)cc2)N(C)C)cc1. The second kappa shape index (κ2) is 9.86. The van der Waals surface area contributed by atoms with Crippen molar-refractivity contribution in [3.8, 4) is 17.2 Å². The Morgan fingerprint density at radius 2 is 1.71 bits per heavy atom. The van der Waals surface area contributed by atoms with E-state index in [0.717, 1.165) is 16.9 Å². The number of likely N-dealkylation sites (N-methyl/N-ethyl adjacent to an activating group) is 1. The maximum atomic E-state index is 12.3. The van der Waals surface area contributed by atoms with Gasteiger partial charge in [0.2, 0.25) is 11.8 Å². The molecule has 0 saturated heterocycles. The van der Waals surface area contributed by atoms with E-state index in [9.17, 15) is 9.59 Å². The van der Waals surface area contributed by atoms with Crippen LogP contribution in [0.2, 0.25) is 0 Å². The molecule has 1 heterocycles. The molecule has 9 nitrogen and oxygen atoms in total. The Morgan fingerprint density at radius 1 is 1.03 bits per heavy atom. The van der Waals surface area contributed by atoms with Gasteiger partial charge < -0.3 is 24.7 Å². The first kappa shape index (κ1) is 22.0. The van der Waals surface area contributed by atoms with Gasteiger partial charge >= 0.3 is 11.8 Å². The number of aromatic nitrogens is 2. The Balaban J connectivity index is 1.57. The molecule has 9 heteroatoms. The highest BCUT2D eigenvalue weighted by atomic mass is 16.5. The Labute approximate surface area is 180 Å². The predicted octanol–water partition coefficient (Wildman–Crippen LogP) is 2.41. The van der Waals surface area contributed by atoms with Gasteiger partial charge in [0.25, 0.3) is 0 Å². The molecule has 2 aromatic carbocycles. The predicted molar refractivity (Wildman–Crippen MR) is 116 cm³/mol.